The van der Waals surface area contributed by atoms with Crippen LogP contribution in [0.2, 0.25) is 0 Å². The summed E-state index contributed by atoms with van der Waals surface area (Å²) in [5.41, 5.74) is 5.52. The molecule has 1 rings (SSSR count). The third-order valence-corrected chi connectivity index (χ3v) is 4.18. The van der Waals surface area contributed by atoms with Crippen molar-refractivity contribution in [3.8, 4) is 0 Å². The molecule has 0 atom stereocenters. The Balaban J connectivity index is 0. The van der Waals surface area contributed by atoms with E-state index in [-0.39, 0.29) is 5.78 Å². The summed E-state index contributed by atoms with van der Waals surface area (Å²) in [6.45, 7) is 18.9. The molecule has 0 radical (unpaired) electrons. The molecule has 0 aromatic heterocycles. The fourth-order valence-electron chi connectivity index (χ4n) is 2.07. The summed E-state index contributed by atoms with van der Waals surface area (Å²) >= 11 is 0. The highest BCUT2D eigenvalue weighted by Gasteiger charge is 1.99. The maximum atomic E-state index is 9.81. The Morgan fingerprint density at radius 3 is 1.84 bits per heavy atom. The van der Waals surface area contributed by atoms with E-state index in [2.05, 4.69) is 72.7 Å². The SMILES string of the molecule is CC(C)=C(C)c1ccccc1C.CCC(C)=O.CCCCCC(C)C. The molecule has 1 nitrogen and oxygen atoms in total. The van der Waals surface area contributed by atoms with E-state index in [1.54, 1.807) is 6.92 Å². The smallest absolute Gasteiger partial charge is 0.129 e. The van der Waals surface area contributed by atoms with Gasteiger partial charge in [0.1, 0.15) is 5.78 Å². The topological polar surface area (TPSA) is 17.1 Å². The van der Waals surface area contributed by atoms with Gasteiger partial charge in [0.05, 0.1) is 0 Å². The number of carbonyl (C=O) groups excluding carboxylic acids is 1. The second-order valence-electron chi connectivity index (χ2n) is 7.39. The summed E-state index contributed by atoms with van der Waals surface area (Å²) < 4.78 is 0. The first kappa shape index (κ1) is 25.9. The first-order chi connectivity index (χ1) is 11.7. The minimum atomic E-state index is 0.255. The van der Waals surface area contributed by atoms with Gasteiger partial charge in [-0.1, -0.05) is 83.2 Å². The highest BCUT2D eigenvalue weighted by molar-refractivity contribution is 5.74. The normalized spacial score (nSPS) is 9.52. The average Bonchev–Trinajstić information content (AvgIpc) is 2.55. The van der Waals surface area contributed by atoms with Gasteiger partial charge in [-0.15, -0.1) is 0 Å². The van der Waals surface area contributed by atoms with Gasteiger partial charge in [0.2, 0.25) is 0 Å². The molecular formula is C24H42O. The molecule has 1 aromatic rings. The number of allylic oxidation sites excluding steroid dienone is 2. The third kappa shape index (κ3) is 15.9. The summed E-state index contributed by atoms with van der Waals surface area (Å²) in [4.78, 5) is 9.81. The van der Waals surface area contributed by atoms with Crippen LogP contribution in [0.1, 0.15) is 98.6 Å². The fourth-order valence-corrected chi connectivity index (χ4v) is 2.07. The van der Waals surface area contributed by atoms with Gasteiger partial charge in [-0.25, -0.2) is 0 Å². The molecule has 144 valence electrons. The monoisotopic (exact) mass is 346 g/mol. The van der Waals surface area contributed by atoms with Gasteiger partial charge in [-0.05, 0) is 57.2 Å². The third-order valence-electron chi connectivity index (χ3n) is 4.18. The maximum Gasteiger partial charge on any atom is 0.129 e. The van der Waals surface area contributed by atoms with Gasteiger partial charge >= 0.3 is 0 Å². The molecule has 0 amide bonds. The minimum Gasteiger partial charge on any atom is -0.300 e. The summed E-state index contributed by atoms with van der Waals surface area (Å²) in [7, 11) is 0. The van der Waals surface area contributed by atoms with Gasteiger partial charge in [-0.3, -0.25) is 0 Å². The van der Waals surface area contributed by atoms with Gasteiger partial charge < -0.3 is 4.79 Å². The lowest BCUT2D eigenvalue weighted by Crippen LogP contribution is -1.86. The number of hydrogen-bond donors (Lipinski definition) is 0. The molecule has 0 saturated heterocycles. The van der Waals surface area contributed by atoms with E-state index in [1.165, 1.54) is 48.0 Å². The van der Waals surface area contributed by atoms with Crippen molar-refractivity contribution in [3.63, 3.8) is 0 Å². The number of ketones is 1. The first-order valence-corrected chi connectivity index (χ1v) is 9.86. The van der Waals surface area contributed by atoms with Crippen molar-refractivity contribution < 1.29 is 4.79 Å². The van der Waals surface area contributed by atoms with Crippen molar-refractivity contribution >= 4 is 11.4 Å². The molecule has 0 bridgehead atoms. The Morgan fingerprint density at radius 1 is 0.960 bits per heavy atom. The molecular weight excluding hydrogens is 304 g/mol. The van der Waals surface area contributed by atoms with Crippen LogP contribution in [-0.2, 0) is 4.79 Å². The van der Waals surface area contributed by atoms with Crippen LogP contribution >= 0.6 is 0 Å². The lowest BCUT2D eigenvalue weighted by Gasteiger charge is -2.07. The molecule has 0 N–H and O–H groups in total. The van der Waals surface area contributed by atoms with E-state index in [4.69, 9.17) is 0 Å². The van der Waals surface area contributed by atoms with Gasteiger partial charge in [-0.2, -0.15) is 0 Å². The van der Waals surface area contributed by atoms with Crippen LogP contribution in [0.15, 0.2) is 29.8 Å². The lowest BCUT2D eigenvalue weighted by atomic mass is 9.99. The van der Waals surface area contributed by atoms with Crippen LogP contribution in [0.5, 0.6) is 0 Å². The largest absolute Gasteiger partial charge is 0.300 e. The first-order valence-electron chi connectivity index (χ1n) is 9.86. The van der Waals surface area contributed by atoms with E-state index in [0.29, 0.717) is 6.42 Å². The Kier molecular flexibility index (Phi) is 16.7. The van der Waals surface area contributed by atoms with Crippen molar-refractivity contribution in [2.24, 2.45) is 5.92 Å². The number of hydrogen-bond acceptors (Lipinski definition) is 1. The summed E-state index contributed by atoms with van der Waals surface area (Å²) in [6, 6.07) is 8.51. The lowest BCUT2D eigenvalue weighted by molar-refractivity contribution is -0.116. The zero-order chi connectivity index (χ0) is 19.8. The van der Waals surface area contributed by atoms with Crippen molar-refractivity contribution in [3.05, 3.63) is 41.0 Å². The number of rotatable bonds is 6. The second kappa shape index (κ2) is 16.1. The van der Waals surface area contributed by atoms with E-state index in [9.17, 15) is 4.79 Å². The maximum absolute atomic E-state index is 9.81. The summed E-state index contributed by atoms with van der Waals surface area (Å²) in [5, 5.41) is 0. The van der Waals surface area contributed by atoms with Gasteiger partial charge in [0, 0.05) is 6.42 Å². The number of carbonyl (C=O) groups is 1. The van der Waals surface area contributed by atoms with Gasteiger partial charge in [0.25, 0.3) is 0 Å². The Labute approximate surface area is 157 Å². The van der Waals surface area contributed by atoms with E-state index in [0.717, 1.165) is 5.92 Å². The number of benzene rings is 1. The van der Waals surface area contributed by atoms with Crippen LogP contribution in [0.3, 0.4) is 0 Å². The average molecular weight is 347 g/mol. The summed E-state index contributed by atoms with van der Waals surface area (Å²) in [5.74, 6) is 1.16. The summed E-state index contributed by atoms with van der Waals surface area (Å²) in [6.07, 6.45) is 6.27. The molecule has 0 aliphatic rings. The van der Waals surface area contributed by atoms with Crippen molar-refractivity contribution in [1.82, 2.24) is 0 Å². The van der Waals surface area contributed by atoms with E-state index in [1.807, 2.05) is 6.92 Å². The number of Topliss-reactive ketones (excluding diaryl/α,β-unsaturated/α-hetero) is 1. The molecule has 0 heterocycles. The molecule has 0 aliphatic carbocycles. The van der Waals surface area contributed by atoms with Crippen molar-refractivity contribution in [1.29, 1.82) is 0 Å². The molecule has 0 saturated carbocycles. The predicted octanol–water partition coefficient (Wildman–Crippen LogP) is 8.02. The molecule has 0 aliphatic heterocycles. The van der Waals surface area contributed by atoms with Crippen molar-refractivity contribution in [2.45, 2.75) is 94.4 Å². The fraction of sp³-hybridized carbons (Fsp3) is 0.625. The highest BCUT2D eigenvalue weighted by Crippen LogP contribution is 2.20. The molecule has 0 spiro atoms. The Morgan fingerprint density at radius 2 is 1.48 bits per heavy atom. The molecule has 0 fully saturated rings. The van der Waals surface area contributed by atoms with Crippen LogP contribution in [0.25, 0.3) is 5.57 Å². The molecule has 0 unspecified atom stereocenters. The van der Waals surface area contributed by atoms with Gasteiger partial charge in [0.15, 0.2) is 0 Å². The zero-order valence-corrected chi connectivity index (χ0v) is 18.3. The minimum absolute atomic E-state index is 0.255. The van der Waals surface area contributed by atoms with Crippen LogP contribution in [-0.4, -0.2) is 5.78 Å². The van der Waals surface area contributed by atoms with Crippen molar-refractivity contribution in [2.75, 3.05) is 0 Å². The molecule has 1 heteroatoms. The van der Waals surface area contributed by atoms with Crippen LogP contribution in [0, 0.1) is 12.8 Å². The molecule has 1 aromatic carbocycles. The Hall–Kier alpha value is -1.37. The number of unbranched alkanes of at least 4 members (excludes halogenated alkanes) is 2. The second-order valence-corrected chi connectivity index (χ2v) is 7.39. The van der Waals surface area contributed by atoms with Crippen LogP contribution in [0.4, 0.5) is 0 Å². The standard InChI is InChI=1S/C12H16.C8H18.C4H8O/c1-9(2)11(4)12-8-6-5-7-10(12)3;1-4-5-6-7-8(2)3;1-3-4(2)5/h5-8H,1-4H3;8H,4-7H2,1-3H3;3H2,1-2H3. The molecule has 25 heavy (non-hydrogen) atoms. The quantitative estimate of drug-likeness (QED) is 0.476. The van der Waals surface area contributed by atoms with E-state index < -0.39 is 0 Å². The highest BCUT2D eigenvalue weighted by atomic mass is 16.1. The predicted molar refractivity (Wildman–Crippen MR) is 115 cm³/mol. The number of aryl methyl sites for hydroxylation is 1. The zero-order valence-electron chi connectivity index (χ0n) is 18.3. The van der Waals surface area contributed by atoms with Crippen LogP contribution < -0.4 is 0 Å². The van der Waals surface area contributed by atoms with E-state index >= 15 is 0 Å². The Bertz CT molecular complexity index is 491.